The predicted octanol–water partition coefficient (Wildman–Crippen LogP) is 3.90. The average Bonchev–Trinajstić information content (AvgIpc) is 2.47. The monoisotopic (exact) mass is 270 g/mol. The van der Waals surface area contributed by atoms with Gasteiger partial charge in [-0.05, 0) is 36.2 Å². The number of hydrogen-bond donors (Lipinski definition) is 1. The molecule has 0 fully saturated rings. The van der Waals surface area contributed by atoms with Crippen molar-refractivity contribution >= 4 is 0 Å². The van der Waals surface area contributed by atoms with Crippen LogP contribution in [0.25, 0.3) is 0 Å². The summed E-state index contributed by atoms with van der Waals surface area (Å²) < 4.78 is 19.0. The van der Waals surface area contributed by atoms with Gasteiger partial charge >= 0.3 is 0 Å². The van der Waals surface area contributed by atoms with Crippen molar-refractivity contribution < 1.29 is 9.13 Å². The van der Waals surface area contributed by atoms with Crippen LogP contribution in [0.3, 0.4) is 0 Å². The Balaban J connectivity index is 2.14. The van der Waals surface area contributed by atoms with Gasteiger partial charge < -0.3 is 10.5 Å². The number of hydrogen-bond acceptors (Lipinski definition) is 3. The molecule has 0 heterocycles. The Morgan fingerprint density at radius 2 is 1.85 bits per heavy atom. The van der Waals surface area contributed by atoms with Gasteiger partial charge in [0.05, 0.1) is 5.56 Å². The van der Waals surface area contributed by atoms with E-state index in [0.29, 0.717) is 11.5 Å². The lowest BCUT2D eigenvalue weighted by molar-refractivity contribution is 0.476. The summed E-state index contributed by atoms with van der Waals surface area (Å²) in [5, 5.41) is 8.66. The number of rotatable bonds is 4. The molecular formula is C16H15FN2O. The first kappa shape index (κ1) is 14.0. The van der Waals surface area contributed by atoms with Crippen molar-refractivity contribution in [2.75, 3.05) is 0 Å². The molecule has 0 aliphatic rings. The molecule has 1 unspecified atom stereocenters. The number of nitriles is 1. The van der Waals surface area contributed by atoms with Gasteiger partial charge in [-0.2, -0.15) is 5.26 Å². The van der Waals surface area contributed by atoms with E-state index in [2.05, 4.69) is 0 Å². The Morgan fingerprint density at radius 3 is 2.40 bits per heavy atom. The van der Waals surface area contributed by atoms with Crippen LogP contribution >= 0.6 is 0 Å². The van der Waals surface area contributed by atoms with Gasteiger partial charge in [0, 0.05) is 12.1 Å². The van der Waals surface area contributed by atoms with Crippen molar-refractivity contribution in [3.63, 3.8) is 0 Å². The molecule has 0 spiro atoms. The van der Waals surface area contributed by atoms with E-state index in [1.807, 2.05) is 19.1 Å². The van der Waals surface area contributed by atoms with E-state index in [4.69, 9.17) is 15.7 Å². The third kappa shape index (κ3) is 3.14. The lowest BCUT2D eigenvalue weighted by atomic mass is 10.1. The van der Waals surface area contributed by atoms with E-state index in [9.17, 15) is 4.39 Å². The average molecular weight is 270 g/mol. The summed E-state index contributed by atoms with van der Waals surface area (Å²) in [6.45, 7) is 2.02. The molecule has 2 aromatic rings. The highest BCUT2D eigenvalue weighted by Crippen LogP contribution is 2.25. The second-order valence-electron chi connectivity index (χ2n) is 4.44. The van der Waals surface area contributed by atoms with Crippen molar-refractivity contribution in [1.29, 1.82) is 5.26 Å². The van der Waals surface area contributed by atoms with Gasteiger partial charge in [-0.3, -0.25) is 0 Å². The number of nitrogens with zero attached hydrogens (tertiary/aromatic N) is 1. The van der Waals surface area contributed by atoms with Crippen LogP contribution in [-0.4, -0.2) is 0 Å². The minimum absolute atomic E-state index is 0.00150. The topological polar surface area (TPSA) is 59.0 Å². The number of halogens is 1. The third-order valence-electron chi connectivity index (χ3n) is 3.04. The van der Waals surface area contributed by atoms with Crippen LogP contribution in [0.5, 0.6) is 11.5 Å². The largest absolute Gasteiger partial charge is 0.457 e. The van der Waals surface area contributed by atoms with Gasteiger partial charge in [0.1, 0.15) is 23.4 Å². The van der Waals surface area contributed by atoms with Gasteiger partial charge in [-0.25, -0.2) is 4.39 Å². The lowest BCUT2D eigenvalue weighted by Crippen LogP contribution is -2.07. The maximum atomic E-state index is 13.4. The molecular weight excluding hydrogens is 255 g/mol. The first-order chi connectivity index (χ1) is 9.63. The van der Waals surface area contributed by atoms with Gasteiger partial charge in [-0.15, -0.1) is 0 Å². The molecule has 2 rings (SSSR count). The maximum absolute atomic E-state index is 13.4. The molecule has 0 aromatic heterocycles. The zero-order chi connectivity index (χ0) is 14.5. The lowest BCUT2D eigenvalue weighted by Gasteiger charge is -2.10. The first-order valence-corrected chi connectivity index (χ1v) is 6.37. The van der Waals surface area contributed by atoms with Crippen molar-refractivity contribution in [3.05, 3.63) is 59.4 Å². The molecule has 0 amide bonds. The number of nitrogens with two attached hydrogens (primary N) is 1. The second-order valence-corrected chi connectivity index (χ2v) is 4.44. The van der Waals surface area contributed by atoms with Crippen molar-refractivity contribution in [1.82, 2.24) is 0 Å². The molecule has 0 bridgehead atoms. The van der Waals surface area contributed by atoms with E-state index in [1.54, 1.807) is 24.3 Å². The zero-order valence-electron chi connectivity index (χ0n) is 11.1. The molecule has 3 nitrogen and oxygen atoms in total. The fourth-order valence-corrected chi connectivity index (χ4v) is 1.80. The molecule has 1 atom stereocenters. The van der Waals surface area contributed by atoms with Crippen LogP contribution in [0.4, 0.5) is 4.39 Å². The molecule has 4 heteroatoms. The van der Waals surface area contributed by atoms with E-state index >= 15 is 0 Å². The highest BCUT2D eigenvalue weighted by Gasteiger charge is 2.06. The van der Waals surface area contributed by atoms with Gasteiger partial charge in [0.15, 0.2) is 0 Å². The Labute approximate surface area is 117 Å². The first-order valence-electron chi connectivity index (χ1n) is 6.37. The third-order valence-corrected chi connectivity index (χ3v) is 3.04. The summed E-state index contributed by atoms with van der Waals surface area (Å²) >= 11 is 0. The van der Waals surface area contributed by atoms with E-state index in [-0.39, 0.29) is 11.6 Å². The van der Waals surface area contributed by atoms with E-state index in [0.717, 1.165) is 12.0 Å². The molecule has 20 heavy (non-hydrogen) atoms. The molecule has 0 saturated heterocycles. The zero-order valence-corrected chi connectivity index (χ0v) is 11.1. The van der Waals surface area contributed by atoms with Crippen LogP contribution in [0.15, 0.2) is 42.5 Å². The molecule has 2 N–H and O–H groups in total. The second kappa shape index (κ2) is 6.18. The van der Waals surface area contributed by atoms with Gasteiger partial charge in [-0.1, -0.05) is 19.1 Å². The summed E-state index contributed by atoms with van der Waals surface area (Å²) in [6, 6.07) is 13.3. The Kier molecular flexibility index (Phi) is 4.34. The quantitative estimate of drug-likeness (QED) is 0.916. The normalized spacial score (nSPS) is 11.7. The minimum Gasteiger partial charge on any atom is -0.457 e. The van der Waals surface area contributed by atoms with Crippen LogP contribution in [0, 0.1) is 17.1 Å². The van der Waals surface area contributed by atoms with Gasteiger partial charge in [0.2, 0.25) is 0 Å². The Bertz CT molecular complexity index is 632. The van der Waals surface area contributed by atoms with Crippen LogP contribution in [0.1, 0.15) is 30.5 Å². The summed E-state index contributed by atoms with van der Waals surface area (Å²) in [7, 11) is 0. The molecule has 0 aliphatic heterocycles. The van der Waals surface area contributed by atoms with Crippen LogP contribution in [0.2, 0.25) is 0 Å². The SMILES string of the molecule is CCC(N)c1ccc(Oc2ccc(C#N)c(F)c2)cc1. The maximum Gasteiger partial charge on any atom is 0.144 e. The highest BCUT2D eigenvalue weighted by molar-refractivity contribution is 5.39. The van der Waals surface area contributed by atoms with Crippen molar-refractivity contribution in [2.24, 2.45) is 5.73 Å². The standard InChI is InChI=1S/C16H15FN2O/c1-2-16(19)11-3-6-13(7-4-11)20-14-8-5-12(10-18)15(17)9-14/h3-9,16H,2,19H2,1H3. The summed E-state index contributed by atoms with van der Waals surface area (Å²) in [5.74, 6) is 0.366. The van der Waals surface area contributed by atoms with E-state index < -0.39 is 5.82 Å². The fraction of sp³-hybridized carbons (Fsp3) is 0.188. The van der Waals surface area contributed by atoms with E-state index in [1.165, 1.54) is 12.1 Å². The Morgan fingerprint density at radius 1 is 1.20 bits per heavy atom. The van der Waals surface area contributed by atoms with Crippen molar-refractivity contribution in [3.8, 4) is 17.6 Å². The predicted molar refractivity (Wildman–Crippen MR) is 74.9 cm³/mol. The number of ether oxygens (including phenoxy) is 1. The molecule has 0 aliphatic carbocycles. The Hall–Kier alpha value is -2.38. The molecule has 2 aromatic carbocycles. The molecule has 0 saturated carbocycles. The summed E-state index contributed by atoms with van der Waals surface area (Å²) in [4.78, 5) is 0. The summed E-state index contributed by atoms with van der Waals surface area (Å²) in [6.07, 6.45) is 0.862. The smallest absolute Gasteiger partial charge is 0.144 e. The molecule has 102 valence electrons. The van der Waals surface area contributed by atoms with Crippen molar-refractivity contribution in [2.45, 2.75) is 19.4 Å². The number of benzene rings is 2. The summed E-state index contributed by atoms with van der Waals surface area (Å²) in [5.41, 5.74) is 6.96. The fourth-order valence-electron chi connectivity index (χ4n) is 1.80. The van der Waals surface area contributed by atoms with Crippen LogP contribution < -0.4 is 10.5 Å². The molecule has 0 radical (unpaired) electrons. The van der Waals surface area contributed by atoms with Gasteiger partial charge in [0.25, 0.3) is 0 Å². The highest BCUT2D eigenvalue weighted by atomic mass is 19.1. The van der Waals surface area contributed by atoms with Crippen LogP contribution in [-0.2, 0) is 0 Å². The minimum atomic E-state index is -0.588.